The van der Waals surface area contributed by atoms with Crippen molar-refractivity contribution >= 4 is 5.69 Å². The van der Waals surface area contributed by atoms with Gasteiger partial charge in [-0.05, 0) is 55.9 Å². The Balaban J connectivity index is 1.71. The Morgan fingerprint density at radius 2 is 1.86 bits per heavy atom. The predicted molar refractivity (Wildman–Crippen MR) is 84.3 cm³/mol. The van der Waals surface area contributed by atoms with Gasteiger partial charge in [-0.3, -0.25) is 0 Å². The minimum Gasteiger partial charge on any atom is -0.388 e. The Labute approximate surface area is 126 Å². The molecule has 4 heteroatoms. The van der Waals surface area contributed by atoms with E-state index in [1.165, 1.54) is 32.1 Å². The van der Waals surface area contributed by atoms with Crippen LogP contribution in [-0.2, 0) is 0 Å². The van der Waals surface area contributed by atoms with Gasteiger partial charge in [0.15, 0.2) is 5.82 Å². The maximum Gasteiger partial charge on any atom is 0.257 e. The van der Waals surface area contributed by atoms with Gasteiger partial charge in [-0.2, -0.15) is 4.98 Å². The van der Waals surface area contributed by atoms with Crippen LogP contribution in [0.4, 0.5) is 5.69 Å². The van der Waals surface area contributed by atoms with E-state index in [1.807, 2.05) is 31.3 Å². The highest BCUT2D eigenvalue weighted by molar-refractivity contribution is 5.58. The normalized spacial score (nSPS) is 22.2. The molecular formula is C17H23N3O. The lowest BCUT2D eigenvalue weighted by atomic mass is 9.80. The summed E-state index contributed by atoms with van der Waals surface area (Å²) in [5.74, 6) is 2.88. The average molecular weight is 285 g/mol. The molecule has 0 aliphatic heterocycles. The Morgan fingerprint density at radius 1 is 1.14 bits per heavy atom. The zero-order valence-electron chi connectivity index (χ0n) is 12.8. The monoisotopic (exact) mass is 285 g/mol. The smallest absolute Gasteiger partial charge is 0.257 e. The first-order valence-corrected chi connectivity index (χ1v) is 7.92. The summed E-state index contributed by atoms with van der Waals surface area (Å²) in [7, 11) is 1.91. The molecule has 1 aromatic heterocycles. The van der Waals surface area contributed by atoms with Crippen LogP contribution in [0.5, 0.6) is 0 Å². The summed E-state index contributed by atoms with van der Waals surface area (Å²) in [5, 5.41) is 7.31. The minimum atomic E-state index is 0.474. The maximum absolute atomic E-state index is 5.45. The van der Waals surface area contributed by atoms with Crippen LogP contribution in [0.15, 0.2) is 28.8 Å². The second-order valence-corrected chi connectivity index (χ2v) is 5.91. The van der Waals surface area contributed by atoms with Gasteiger partial charge in [0.05, 0.1) is 0 Å². The van der Waals surface area contributed by atoms with Crippen LogP contribution in [0.1, 0.15) is 50.8 Å². The number of hydrogen-bond acceptors (Lipinski definition) is 4. The van der Waals surface area contributed by atoms with Crippen molar-refractivity contribution in [3.63, 3.8) is 0 Å². The van der Waals surface area contributed by atoms with E-state index in [0.29, 0.717) is 11.8 Å². The third kappa shape index (κ3) is 3.09. The average Bonchev–Trinajstić information content (AvgIpc) is 3.05. The van der Waals surface area contributed by atoms with Gasteiger partial charge in [0, 0.05) is 24.2 Å². The van der Waals surface area contributed by atoms with Crippen molar-refractivity contribution in [1.82, 2.24) is 10.1 Å². The van der Waals surface area contributed by atoms with Crippen molar-refractivity contribution in [2.24, 2.45) is 5.92 Å². The molecule has 3 rings (SSSR count). The standard InChI is InChI=1S/C17H23N3O/c1-3-12-4-6-13(7-5-12)16-19-17(21-20-16)14-8-10-15(18-2)11-9-14/h8-13,18H,3-7H2,1-2H3. The van der Waals surface area contributed by atoms with E-state index >= 15 is 0 Å². The molecule has 1 saturated carbocycles. The molecule has 4 nitrogen and oxygen atoms in total. The first-order valence-electron chi connectivity index (χ1n) is 7.92. The summed E-state index contributed by atoms with van der Waals surface area (Å²) >= 11 is 0. The second-order valence-electron chi connectivity index (χ2n) is 5.91. The fourth-order valence-electron chi connectivity index (χ4n) is 3.13. The van der Waals surface area contributed by atoms with Crippen LogP contribution in [0, 0.1) is 5.92 Å². The topological polar surface area (TPSA) is 51.0 Å². The predicted octanol–water partition coefficient (Wildman–Crippen LogP) is 4.46. The number of aromatic nitrogens is 2. The van der Waals surface area contributed by atoms with Gasteiger partial charge in [-0.15, -0.1) is 0 Å². The van der Waals surface area contributed by atoms with Gasteiger partial charge in [0.25, 0.3) is 5.89 Å². The third-order valence-corrected chi connectivity index (χ3v) is 4.65. The highest BCUT2D eigenvalue weighted by Gasteiger charge is 2.25. The molecule has 1 aromatic carbocycles. The fraction of sp³-hybridized carbons (Fsp3) is 0.529. The SMILES string of the molecule is CCC1CCC(c2noc(-c3ccc(NC)cc3)n2)CC1. The van der Waals surface area contributed by atoms with Crippen molar-refractivity contribution in [3.05, 3.63) is 30.1 Å². The Kier molecular flexibility index (Phi) is 4.23. The van der Waals surface area contributed by atoms with E-state index in [9.17, 15) is 0 Å². The van der Waals surface area contributed by atoms with Crippen molar-refractivity contribution in [3.8, 4) is 11.5 Å². The first-order chi connectivity index (χ1) is 10.3. The van der Waals surface area contributed by atoms with E-state index < -0.39 is 0 Å². The number of anilines is 1. The van der Waals surface area contributed by atoms with Crippen LogP contribution in [-0.4, -0.2) is 17.2 Å². The molecule has 1 heterocycles. The molecule has 0 atom stereocenters. The largest absolute Gasteiger partial charge is 0.388 e. The molecule has 112 valence electrons. The molecule has 2 aromatic rings. The molecule has 1 fully saturated rings. The van der Waals surface area contributed by atoms with Crippen LogP contribution >= 0.6 is 0 Å². The van der Waals surface area contributed by atoms with Crippen LogP contribution in [0.2, 0.25) is 0 Å². The highest BCUT2D eigenvalue weighted by atomic mass is 16.5. The molecule has 0 unspecified atom stereocenters. The zero-order valence-corrected chi connectivity index (χ0v) is 12.8. The van der Waals surface area contributed by atoms with Crippen molar-refractivity contribution in [1.29, 1.82) is 0 Å². The number of nitrogens with zero attached hydrogens (tertiary/aromatic N) is 2. The van der Waals surface area contributed by atoms with Crippen molar-refractivity contribution in [2.45, 2.75) is 44.9 Å². The van der Waals surface area contributed by atoms with Crippen molar-refractivity contribution in [2.75, 3.05) is 12.4 Å². The lowest BCUT2D eigenvalue weighted by molar-refractivity contribution is 0.305. The first kappa shape index (κ1) is 14.1. The lowest BCUT2D eigenvalue weighted by Gasteiger charge is -2.25. The van der Waals surface area contributed by atoms with Gasteiger partial charge in [-0.25, -0.2) is 0 Å². The Morgan fingerprint density at radius 3 is 2.48 bits per heavy atom. The quantitative estimate of drug-likeness (QED) is 0.901. The van der Waals surface area contributed by atoms with E-state index in [2.05, 4.69) is 22.4 Å². The number of nitrogens with one attached hydrogen (secondary N) is 1. The second kappa shape index (κ2) is 6.29. The van der Waals surface area contributed by atoms with Gasteiger partial charge in [0.2, 0.25) is 0 Å². The molecule has 0 saturated heterocycles. The molecule has 1 N–H and O–H groups in total. The zero-order chi connectivity index (χ0) is 14.7. The highest BCUT2D eigenvalue weighted by Crippen LogP contribution is 2.36. The molecule has 0 radical (unpaired) electrons. The summed E-state index contributed by atoms with van der Waals surface area (Å²) in [5.41, 5.74) is 2.06. The van der Waals surface area contributed by atoms with Gasteiger partial charge in [-0.1, -0.05) is 18.5 Å². The van der Waals surface area contributed by atoms with E-state index in [0.717, 1.165) is 23.0 Å². The molecule has 0 amide bonds. The van der Waals surface area contributed by atoms with Gasteiger partial charge >= 0.3 is 0 Å². The Hall–Kier alpha value is -1.84. The minimum absolute atomic E-state index is 0.474. The summed E-state index contributed by atoms with van der Waals surface area (Å²) in [6.07, 6.45) is 6.26. The fourth-order valence-corrected chi connectivity index (χ4v) is 3.13. The molecule has 1 aliphatic rings. The third-order valence-electron chi connectivity index (χ3n) is 4.65. The molecular weight excluding hydrogens is 262 g/mol. The van der Waals surface area contributed by atoms with E-state index in [4.69, 9.17) is 4.52 Å². The molecule has 0 spiro atoms. The molecule has 21 heavy (non-hydrogen) atoms. The van der Waals surface area contributed by atoms with E-state index in [-0.39, 0.29) is 0 Å². The summed E-state index contributed by atoms with van der Waals surface area (Å²) in [4.78, 5) is 4.61. The lowest BCUT2D eigenvalue weighted by Crippen LogP contribution is -2.13. The van der Waals surface area contributed by atoms with Crippen LogP contribution in [0.25, 0.3) is 11.5 Å². The molecule has 1 aliphatic carbocycles. The van der Waals surface area contributed by atoms with Crippen molar-refractivity contribution < 1.29 is 4.52 Å². The number of benzene rings is 1. The summed E-state index contributed by atoms with van der Waals surface area (Å²) < 4.78 is 5.45. The van der Waals surface area contributed by atoms with E-state index in [1.54, 1.807) is 0 Å². The van der Waals surface area contributed by atoms with Crippen LogP contribution in [0.3, 0.4) is 0 Å². The molecule has 0 bridgehead atoms. The number of rotatable bonds is 4. The number of hydrogen-bond donors (Lipinski definition) is 1. The maximum atomic E-state index is 5.45. The van der Waals surface area contributed by atoms with Gasteiger partial charge in [0.1, 0.15) is 0 Å². The summed E-state index contributed by atoms with van der Waals surface area (Å²) in [6.45, 7) is 2.28. The van der Waals surface area contributed by atoms with Gasteiger partial charge < -0.3 is 9.84 Å². The Bertz CT molecular complexity index is 568. The van der Waals surface area contributed by atoms with Crippen LogP contribution < -0.4 is 5.32 Å². The summed E-state index contributed by atoms with van der Waals surface area (Å²) in [6, 6.07) is 8.06.